The Morgan fingerprint density at radius 2 is 1.56 bits per heavy atom. The number of sulfonamides is 1. The van der Waals surface area contributed by atoms with Gasteiger partial charge in [0.15, 0.2) is 0 Å². The number of ether oxygens (including phenoxy) is 1. The first-order chi connectivity index (χ1) is 16.1. The molecule has 0 aromatic heterocycles. The lowest BCUT2D eigenvalue weighted by atomic mass is 10.1. The van der Waals surface area contributed by atoms with Crippen molar-refractivity contribution in [2.24, 2.45) is 0 Å². The lowest BCUT2D eigenvalue weighted by Gasteiger charge is -2.21. The average Bonchev–Trinajstić information content (AvgIpc) is 2.77. The molecule has 0 aliphatic rings. The molecule has 7 nitrogen and oxygen atoms in total. The van der Waals surface area contributed by atoms with Crippen LogP contribution < -0.4 is 5.32 Å². The number of nitrogens with zero attached hydrogens (tertiary/aromatic N) is 1. The molecule has 34 heavy (non-hydrogen) atoms. The first-order valence-corrected chi connectivity index (χ1v) is 11.9. The fourth-order valence-electron chi connectivity index (χ4n) is 3.38. The van der Waals surface area contributed by atoms with Gasteiger partial charge in [0.05, 0.1) is 4.90 Å². The predicted molar refractivity (Wildman–Crippen MR) is 126 cm³/mol. The number of aryl methyl sites for hydroxylation is 2. The van der Waals surface area contributed by atoms with E-state index in [4.69, 9.17) is 4.74 Å². The maximum absolute atomic E-state index is 13.1. The molecule has 1 N–H and O–H groups in total. The molecule has 0 saturated carbocycles. The van der Waals surface area contributed by atoms with E-state index in [-0.39, 0.29) is 4.90 Å². The molecule has 9 heteroatoms. The Morgan fingerprint density at radius 1 is 0.971 bits per heavy atom. The minimum absolute atomic E-state index is 0.170. The van der Waals surface area contributed by atoms with Gasteiger partial charge in [-0.05, 0) is 61.4 Å². The summed E-state index contributed by atoms with van der Waals surface area (Å²) in [5, 5.41) is 2.76. The molecule has 0 bridgehead atoms. The molecule has 0 saturated heterocycles. The number of rotatable bonds is 8. The first-order valence-electron chi connectivity index (χ1n) is 10.4. The van der Waals surface area contributed by atoms with Crippen LogP contribution >= 0.6 is 0 Å². The van der Waals surface area contributed by atoms with Crippen molar-refractivity contribution < 1.29 is 27.1 Å². The van der Waals surface area contributed by atoms with Gasteiger partial charge in [0.2, 0.25) is 16.1 Å². The molecule has 178 valence electrons. The zero-order valence-corrected chi connectivity index (χ0v) is 19.8. The third kappa shape index (κ3) is 6.27. The second-order valence-electron chi connectivity index (χ2n) is 7.86. The van der Waals surface area contributed by atoms with Crippen molar-refractivity contribution in [3.05, 3.63) is 95.3 Å². The fraction of sp³-hybridized carbons (Fsp3) is 0.200. The zero-order chi connectivity index (χ0) is 24.9. The molecule has 3 aromatic carbocycles. The van der Waals surface area contributed by atoms with E-state index in [0.29, 0.717) is 11.3 Å². The number of anilines is 1. The van der Waals surface area contributed by atoms with E-state index in [9.17, 15) is 22.4 Å². The summed E-state index contributed by atoms with van der Waals surface area (Å²) < 4.78 is 44.7. The van der Waals surface area contributed by atoms with Crippen LogP contribution in [-0.2, 0) is 24.3 Å². The van der Waals surface area contributed by atoms with E-state index in [1.165, 1.54) is 7.05 Å². The van der Waals surface area contributed by atoms with Gasteiger partial charge in [0, 0.05) is 18.3 Å². The molecule has 0 aliphatic heterocycles. The van der Waals surface area contributed by atoms with Crippen LogP contribution in [0.5, 0.6) is 0 Å². The number of esters is 1. The Bertz CT molecular complexity index is 1260. The van der Waals surface area contributed by atoms with Crippen LogP contribution in [0.4, 0.5) is 10.1 Å². The van der Waals surface area contributed by atoms with E-state index in [1.54, 1.807) is 42.5 Å². The summed E-state index contributed by atoms with van der Waals surface area (Å²) in [5.74, 6) is -2.08. The molecular weight excluding hydrogens is 459 g/mol. The summed E-state index contributed by atoms with van der Waals surface area (Å²) in [5.41, 5.74) is 2.89. The highest BCUT2D eigenvalue weighted by atomic mass is 32.2. The van der Waals surface area contributed by atoms with Gasteiger partial charge < -0.3 is 10.1 Å². The lowest BCUT2D eigenvalue weighted by Crippen LogP contribution is -2.35. The monoisotopic (exact) mass is 484 g/mol. The van der Waals surface area contributed by atoms with Crippen LogP contribution in [-0.4, -0.2) is 38.2 Å². The van der Waals surface area contributed by atoms with Gasteiger partial charge in [-0.3, -0.25) is 9.59 Å². The molecule has 0 heterocycles. The Morgan fingerprint density at radius 3 is 2.15 bits per heavy atom. The molecule has 0 radical (unpaired) electrons. The molecule has 1 atom stereocenters. The summed E-state index contributed by atoms with van der Waals surface area (Å²) in [6, 6.07) is 18.2. The van der Waals surface area contributed by atoms with Crippen LogP contribution in [0.15, 0.2) is 77.7 Å². The van der Waals surface area contributed by atoms with E-state index in [0.717, 1.165) is 39.7 Å². The van der Waals surface area contributed by atoms with Crippen molar-refractivity contribution in [1.29, 1.82) is 0 Å². The minimum Gasteiger partial charge on any atom is -0.446 e. The largest absolute Gasteiger partial charge is 0.446 e. The topological polar surface area (TPSA) is 92.8 Å². The van der Waals surface area contributed by atoms with Crippen LogP contribution in [0.25, 0.3) is 0 Å². The van der Waals surface area contributed by atoms with Crippen LogP contribution in [0.3, 0.4) is 0 Å². The number of halogens is 1. The molecule has 0 aliphatic carbocycles. The Balaban J connectivity index is 1.77. The molecule has 0 spiro atoms. The second kappa shape index (κ2) is 10.6. The number of likely N-dealkylation sites (N-methyl/N-ethyl adjacent to an activating group) is 1. The zero-order valence-electron chi connectivity index (χ0n) is 19.0. The van der Waals surface area contributed by atoms with Crippen molar-refractivity contribution >= 4 is 27.6 Å². The molecular formula is C25H25FN2O5S. The quantitative estimate of drug-likeness (QED) is 0.488. The minimum atomic E-state index is -4.06. The van der Waals surface area contributed by atoms with Crippen LogP contribution in [0, 0.1) is 19.7 Å². The number of nitrogens with one attached hydrogen (secondary N) is 1. The molecule has 0 fully saturated rings. The van der Waals surface area contributed by atoms with Crippen molar-refractivity contribution in [2.75, 3.05) is 18.9 Å². The van der Waals surface area contributed by atoms with E-state index >= 15 is 0 Å². The standard InChI is InChI=1S/C25H25FN2O5S/c1-17-13-18(2)15-21(14-17)27-25(30)24(19-7-5-4-6-8-19)33-23(29)16-28(3)34(31,32)22-11-9-20(26)10-12-22/h4-15,24H,16H2,1-3H3,(H,27,30). The molecule has 3 rings (SSSR count). The molecule has 1 unspecified atom stereocenters. The summed E-state index contributed by atoms with van der Waals surface area (Å²) in [4.78, 5) is 25.5. The summed E-state index contributed by atoms with van der Waals surface area (Å²) in [6.07, 6.45) is -1.29. The number of carbonyl (C=O) groups is 2. The van der Waals surface area contributed by atoms with Gasteiger partial charge in [0.25, 0.3) is 5.91 Å². The number of hydrogen-bond donors (Lipinski definition) is 1. The van der Waals surface area contributed by atoms with E-state index in [1.807, 2.05) is 19.9 Å². The van der Waals surface area contributed by atoms with Crippen LogP contribution in [0.2, 0.25) is 0 Å². The smallest absolute Gasteiger partial charge is 0.322 e. The van der Waals surface area contributed by atoms with Crippen LogP contribution in [0.1, 0.15) is 22.8 Å². The van der Waals surface area contributed by atoms with Gasteiger partial charge in [-0.2, -0.15) is 4.31 Å². The van der Waals surface area contributed by atoms with Gasteiger partial charge in [-0.15, -0.1) is 0 Å². The number of amides is 1. The van der Waals surface area contributed by atoms with Crippen molar-refractivity contribution in [2.45, 2.75) is 24.8 Å². The van der Waals surface area contributed by atoms with Crippen molar-refractivity contribution in [3.63, 3.8) is 0 Å². The summed E-state index contributed by atoms with van der Waals surface area (Å²) in [7, 11) is -2.86. The van der Waals surface area contributed by atoms with Gasteiger partial charge in [-0.1, -0.05) is 36.4 Å². The highest BCUT2D eigenvalue weighted by Crippen LogP contribution is 2.22. The van der Waals surface area contributed by atoms with E-state index in [2.05, 4.69) is 5.32 Å². The first kappa shape index (κ1) is 25.1. The third-order valence-electron chi connectivity index (χ3n) is 4.95. The number of carbonyl (C=O) groups excluding carboxylic acids is 2. The Labute approximate surface area is 198 Å². The molecule has 3 aromatic rings. The fourth-order valence-corrected chi connectivity index (χ4v) is 4.49. The van der Waals surface area contributed by atoms with E-state index < -0.39 is 40.4 Å². The Kier molecular flexibility index (Phi) is 7.80. The SMILES string of the molecule is Cc1cc(C)cc(NC(=O)C(OC(=O)CN(C)S(=O)(=O)c2ccc(F)cc2)c2ccccc2)c1. The molecule has 1 amide bonds. The van der Waals surface area contributed by atoms with Crippen molar-refractivity contribution in [1.82, 2.24) is 4.31 Å². The van der Waals surface area contributed by atoms with Gasteiger partial charge in [-0.25, -0.2) is 12.8 Å². The average molecular weight is 485 g/mol. The second-order valence-corrected chi connectivity index (χ2v) is 9.91. The van der Waals surface area contributed by atoms with Crippen molar-refractivity contribution in [3.8, 4) is 0 Å². The van der Waals surface area contributed by atoms with Gasteiger partial charge in [0.1, 0.15) is 12.4 Å². The summed E-state index contributed by atoms with van der Waals surface area (Å²) >= 11 is 0. The highest BCUT2D eigenvalue weighted by Gasteiger charge is 2.29. The third-order valence-corrected chi connectivity index (χ3v) is 6.77. The maximum atomic E-state index is 13.1. The maximum Gasteiger partial charge on any atom is 0.322 e. The summed E-state index contributed by atoms with van der Waals surface area (Å²) in [6.45, 7) is 3.16. The van der Waals surface area contributed by atoms with Gasteiger partial charge >= 0.3 is 5.97 Å². The Hall–Kier alpha value is -3.56. The normalized spacial score (nSPS) is 12.3. The highest BCUT2D eigenvalue weighted by molar-refractivity contribution is 7.89. The number of benzene rings is 3. The number of hydrogen-bond acceptors (Lipinski definition) is 5. The lowest BCUT2D eigenvalue weighted by molar-refractivity contribution is -0.154. The predicted octanol–water partition coefficient (Wildman–Crippen LogP) is 3.99.